The largest absolute Gasteiger partial charge is 0.467 e. The van der Waals surface area contributed by atoms with Gasteiger partial charge in [0.2, 0.25) is 0 Å². The highest BCUT2D eigenvalue weighted by molar-refractivity contribution is 5.97. The molecule has 1 amide bonds. The molecular weight excluding hydrogens is 330 g/mol. The first-order valence-corrected chi connectivity index (χ1v) is 9.21. The van der Waals surface area contributed by atoms with Crippen LogP contribution in [0.4, 0.5) is 0 Å². The Kier molecular flexibility index (Phi) is 4.31. The summed E-state index contributed by atoms with van der Waals surface area (Å²) in [5.74, 6) is 0.187. The van der Waals surface area contributed by atoms with Crippen LogP contribution < -0.4 is 0 Å². The van der Waals surface area contributed by atoms with Gasteiger partial charge in [0.05, 0.1) is 18.4 Å². The van der Waals surface area contributed by atoms with Crippen LogP contribution in [-0.2, 0) is 22.5 Å². The topological polar surface area (TPSA) is 59.8 Å². The number of rotatable bonds is 4. The van der Waals surface area contributed by atoms with Gasteiger partial charge in [-0.05, 0) is 43.5 Å². The number of hydrogen-bond acceptors (Lipinski definition) is 4. The Morgan fingerprint density at radius 1 is 1.19 bits per heavy atom. The van der Waals surface area contributed by atoms with E-state index in [9.17, 15) is 9.59 Å². The van der Waals surface area contributed by atoms with Crippen molar-refractivity contribution in [1.29, 1.82) is 0 Å². The number of benzene rings is 1. The molecule has 0 radical (unpaired) electrons. The van der Waals surface area contributed by atoms with Gasteiger partial charge in [0.1, 0.15) is 5.76 Å². The Hall–Kier alpha value is -2.56. The monoisotopic (exact) mass is 353 g/mol. The number of amides is 1. The van der Waals surface area contributed by atoms with Gasteiger partial charge in [-0.25, -0.2) is 4.79 Å². The molecule has 1 aliphatic carbocycles. The number of furan rings is 1. The first-order valence-electron chi connectivity index (χ1n) is 9.21. The van der Waals surface area contributed by atoms with Crippen molar-refractivity contribution in [3.05, 3.63) is 59.5 Å². The lowest BCUT2D eigenvalue weighted by atomic mass is 9.88. The zero-order valence-corrected chi connectivity index (χ0v) is 14.9. The van der Waals surface area contributed by atoms with Crippen molar-refractivity contribution in [3.8, 4) is 0 Å². The van der Waals surface area contributed by atoms with Gasteiger partial charge in [-0.3, -0.25) is 4.79 Å². The third-order valence-electron chi connectivity index (χ3n) is 5.47. The molecule has 2 aliphatic rings. The maximum absolute atomic E-state index is 13.5. The van der Waals surface area contributed by atoms with E-state index >= 15 is 0 Å². The van der Waals surface area contributed by atoms with Crippen LogP contribution in [0.1, 0.15) is 54.3 Å². The number of hydrogen-bond donors (Lipinski definition) is 0. The second-order valence-electron chi connectivity index (χ2n) is 7.40. The third kappa shape index (κ3) is 3.02. The summed E-state index contributed by atoms with van der Waals surface area (Å²) in [5, 5.41) is 0. The predicted octanol–water partition coefficient (Wildman–Crippen LogP) is 3.72. The summed E-state index contributed by atoms with van der Waals surface area (Å²) in [6.07, 6.45) is 6.21. The summed E-state index contributed by atoms with van der Waals surface area (Å²) >= 11 is 0. The Morgan fingerprint density at radius 3 is 2.69 bits per heavy atom. The molecule has 2 heterocycles. The molecule has 1 atom stereocenters. The quantitative estimate of drug-likeness (QED) is 0.786. The van der Waals surface area contributed by atoms with Crippen molar-refractivity contribution in [2.75, 3.05) is 0 Å². The molecule has 1 saturated carbocycles. The van der Waals surface area contributed by atoms with Crippen molar-refractivity contribution in [3.63, 3.8) is 0 Å². The highest BCUT2D eigenvalue weighted by Gasteiger charge is 2.46. The number of nitrogens with zero attached hydrogens (tertiary/aromatic N) is 1. The van der Waals surface area contributed by atoms with Crippen molar-refractivity contribution < 1.29 is 18.7 Å². The molecule has 5 heteroatoms. The highest BCUT2D eigenvalue weighted by atomic mass is 16.6. The molecule has 1 aromatic heterocycles. The molecule has 0 spiro atoms. The van der Waals surface area contributed by atoms with E-state index < -0.39 is 11.6 Å². The van der Waals surface area contributed by atoms with E-state index in [2.05, 4.69) is 0 Å². The average Bonchev–Trinajstić information content (AvgIpc) is 3.33. The fourth-order valence-corrected chi connectivity index (χ4v) is 4.11. The average molecular weight is 353 g/mol. The lowest BCUT2D eigenvalue weighted by molar-refractivity contribution is -0.154. The number of carbonyl (C=O) groups is 2. The number of fused-ring (bicyclic) bond motifs is 1. The lowest BCUT2D eigenvalue weighted by Gasteiger charge is -2.39. The van der Waals surface area contributed by atoms with Crippen LogP contribution in [0.15, 0.2) is 47.1 Å². The molecule has 0 saturated heterocycles. The van der Waals surface area contributed by atoms with Crippen LogP contribution in [0.2, 0.25) is 0 Å². The fourth-order valence-electron chi connectivity index (χ4n) is 4.11. The Labute approximate surface area is 152 Å². The normalized spacial score (nSPS) is 22.7. The van der Waals surface area contributed by atoms with E-state index in [4.69, 9.17) is 9.15 Å². The molecule has 1 aromatic carbocycles. The number of ether oxygens (including phenoxy) is 1. The summed E-state index contributed by atoms with van der Waals surface area (Å²) < 4.78 is 11.1. The molecule has 0 bridgehead atoms. The van der Waals surface area contributed by atoms with Gasteiger partial charge < -0.3 is 14.1 Å². The standard InChI is InChI=1S/C21H23NO4/c1-21(13-15-7-2-5-11-18(15)19(23)26-21)20(24)22(16-8-3-4-9-16)14-17-10-6-12-25-17/h2,5-7,10-12,16H,3-4,8-9,13-14H2,1H3. The second kappa shape index (κ2) is 6.63. The van der Waals surface area contributed by atoms with E-state index in [1.807, 2.05) is 35.2 Å². The van der Waals surface area contributed by atoms with E-state index in [1.54, 1.807) is 19.3 Å². The molecule has 1 fully saturated rings. The molecule has 26 heavy (non-hydrogen) atoms. The van der Waals surface area contributed by atoms with Gasteiger partial charge in [0.25, 0.3) is 5.91 Å². The summed E-state index contributed by atoms with van der Waals surface area (Å²) in [7, 11) is 0. The maximum Gasteiger partial charge on any atom is 0.339 e. The Morgan fingerprint density at radius 2 is 1.96 bits per heavy atom. The van der Waals surface area contributed by atoms with Crippen LogP contribution in [0.25, 0.3) is 0 Å². The molecule has 136 valence electrons. The van der Waals surface area contributed by atoms with Crippen LogP contribution in [0.3, 0.4) is 0 Å². The number of cyclic esters (lactones) is 1. The van der Waals surface area contributed by atoms with Crippen molar-refractivity contribution in [2.24, 2.45) is 0 Å². The molecule has 1 aliphatic heterocycles. The molecule has 4 rings (SSSR count). The lowest BCUT2D eigenvalue weighted by Crippen LogP contribution is -2.55. The smallest absolute Gasteiger partial charge is 0.339 e. The summed E-state index contributed by atoms with van der Waals surface area (Å²) in [5.41, 5.74) is 0.237. The van der Waals surface area contributed by atoms with Crippen LogP contribution in [0, 0.1) is 0 Å². The minimum atomic E-state index is -1.18. The Balaban J connectivity index is 1.63. The summed E-state index contributed by atoms with van der Waals surface area (Å²) in [4.78, 5) is 27.8. The predicted molar refractivity (Wildman–Crippen MR) is 95.5 cm³/mol. The first-order chi connectivity index (χ1) is 12.6. The van der Waals surface area contributed by atoms with E-state index in [0.717, 1.165) is 37.0 Å². The molecule has 0 N–H and O–H groups in total. The maximum atomic E-state index is 13.5. The third-order valence-corrected chi connectivity index (χ3v) is 5.47. The minimum Gasteiger partial charge on any atom is -0.467 e. The molecule has 1 unspecified atom stereocenters. The van der Waals surface area contributed by atoms with Gasteiger partial charge in [-0.2, -0.15) is 0 Å². The van der Waals surface area contributed by atoms with E-state index in [-0.39, 0.29) is 11.9 Å². The number of carbonyl (C=O) groups excluding carboxylic acids is 2. The van der Waals surface area contributed by atoms with Gasteiger partial charge >= 0.3 is 5.97 Å². The van der Waals surface area contributed by atoms with Crippen molar-refractivity contribution in [2.45, 2.75) is 57.2 Å². The zero-order valence-electron chi connectivity index (χ0n) is 14.9. The van der Waals surface area contributed by atoms with Crippen molar-refractivity contribution in [1.82, 2.24) is 4.90 Å². The fraction of sp³-hybridized carbons (Fsp3) is 0.429. The molecule has 5 nitrogen and oxygen atoms in total. The SMILES string of the molecule is CC1(C(=O)N(Cc2ccco2)C2CCCC2)Cc2ccccc2C(=O)O1. The second-order valence-corrected chi connectivity index (χ2v) is 7.40. The van der Waals surface area contributed by atoms with Gasteiger partial charge in [-0.1, -0.05) is 31.0 Å². The van der Waals surface area contributed by atoms with Crippen LogP contribution in [0.5, 0.6) is 0 Å². The summed E-state index contributed by atoms with van der Waals surface area (Å²) in [6.45, 7) is 2.14. The Bertz CT molecular complexity index is 807. The summed E-state index contributed by atoms with van der Waals surface area (Å²) in [6, 6.07) is 11.2. The molecule has 2 aromatic rings. The highest BCUT2D eigenvalue weighted by Crippen LogP contribution is 2.33. The van der Waals surface area contributed by atoms with Crippen molar-refractivity contribution >= 4 is 11.9 Å². The molecular formula is C21H23NO4. The minimum absolute atomic E-state index is 0.136. The van der Waals surface area contributed by atoms with E-state index in [0.29, 0.717) is 18.5 Å². The van der Waals surface area contributed by atoms with Gasteiger partial charge in [-0.15, -0.1) is 0 Å². The van der Waals surface area contributed by atoms with E-state index in [1.165, 1.54) is 0 Å². The zero-order chi connectivity index (χ0) is 18.1. The van der Waals surface area contributed by atoms with Crippen LogP contribution >= 0.6 is 0 Å². The first kappa shape index (κ1) is 16.9. The van der Waals surface area contributed by atoms with Gasteiger partial charge in [0, 0.05) is 12.5 Å². The van der Waals surface area contributed by atoms with Crippen LogP contribution in [-0.4, -0.2) is 28.4 Å². The van der Waals surface area contributed by atoms with Gasteiger partial charge in [0.15, 0.2) is 5.60 Å². The number of esters is 1.